The molecular weight excluding hydrogens is 244 g/mol. The maximum absolute atomic E-state index is 5.59. The van der Waals surface area contributed by atoms with Gasteiger partial charge in [-0.05, 0) is 31.0 Å². The largest absolute Gasteiger partial charge is 0.382 e. The van der Waals surface area contributed by atoms with E-state index in [1.165, 1.54) is 0 Å². The summed E-state index contributed by atoms with van der Waals surface area (Å²) in [5, 5.41) is 3.18. The number of aromatic nitrogens is 1. The second kappa shape index (κ2) is 10.7. The maximum Gasteiger partial charge on any atom is 0.126 e. The molecule has 0 spiro atoms. The lowest BCUT2D eigenvalue weighted by molar-refractivity contribution is 0.0483. The molecule has 5 nitrogen and oxygen atoms in total. The third-order valence-electron chi connectivity index (χ3n) is 2.46. The molecule has 0 fully saturated rings. The van der Waals surface area contributed by atoms with Crippen molar-refractivity contribution >= 4 is 5.82 Å². The molecule has 0 saturated carbocycles. The highest BCUT2D eigenvalue weighted by Crippen LogP contribution is 2.07. The minimum absolute atomic E-state index is 0.610. The topological polar surface area (TPSA) is 52.6 Å². The van der Waals surface area contributed by atoms with E-state index in [0.717, 1.165) is 24.3 Å². The molecule has 108 valence electrons. The van der Waals surface area contributed by atoms with Crippen LogP contribution >= 0.6 is 0 Å². The maximum atomic E-state index is 5.59. The first-order valence-corrected chi connectivity index (χ1v) is 6.70. The van der Waals surface area contributed by atoms with Crippen LogP contribution in [0.15, 0.2) is 18.3 Å². The summed E-state index contributed by atoms with van der Waals surface area (Å²) in [7, 11) is 1.67. The number of pyridine rings is 1. The van der Waals surface area contributed by atoms with E-state index in [4.69, 9.17) is 14.2 Å². The first-order chi connectivity index (χ1) is 9.36. The van der Waals surface area contributed by atoms with Crippen LogP contribution in [-0.2, 0) is 20.8 Å². The SMILES string of the molecule is CCNc1cc(COCCCOCCOC)ccn1. The predicted molar refractivity (Wildman–Crippen MR) is 75.4 cm³/mol. The van der Waals surface area contributed by atoms with Crippen LogP contribution < -0.4 is 5.32 Å². The summed E-state index contributed by atoms with van der Waals surface area (Å²) >= 11 is 0. The van der Waals surface area contributed by atoms with Crippen molar-refractivity contribution in [1.29, 1.82) is 0 Å². The van der Waals surface area contributed by atoms with Crippen molar-refractivity contribution in [1.82, 2.24) is 4.98 Å². The fraction of sp³-hybridized carbons (Fsp3) is 0.643. The molecule has 0 aromatic carbocycles. The molecule has 0 radical (unpaired) electrons. The van der Waals surface area contributed by atoms with Crippen LogP contribution in [0, 0.1) is 0 Å². The van der Waals surface area contributed by atoms with Gasteiger partial charge in [-0.2, -0.15) is 0 Å². The number of rotatable bonds is 11. The van der Waals surface area contributed by atoms with E-state index in [0.29, 0.717) is 33.0 Å². The Balaban J connectivity index is 2.07. The number of nitrogens with one attached hydrogen (secondary N) is 1. The van der Waals surface area contributed by atoms with Crippen molar-refractivity contribution in [3.05, 3.63) is 23.9 Å². The number of hydrogen-bond donors (Lipinski definition) is 1. The lowest BCUT2D eigenvalue weighted by Gasteiger charge is -2.07. The minimum atomic E-state index is 0.610. The molecular formula is C14H24N2O3. The van der Waals surface area contributed by atoms with Gasteiger partial charge in [-0.25, -0.2) is 4.98 Å². The average molecular weight is 268 g/mol. The minimum Gasteiger partial charge on any atom is -0.382 e. The summed E-state index contributed by atoms with van der Waals surface area (Å²) in [4.78, 5) is 4.22. The molecule has 0 amide bonds. The van der Waals surface area contributed by atoms with E-state index < -0.39 is 0 Å². The summed E-state index contributed by atoms with van der Waals surface area (Å²) in [5.41, 5.74) is 1.13. The van der Waals surface area contributed by atoms with Crippen LogP contribution in [0.1, 0.15) is 18.9 Å². The Labute approximate surface area is 115 Å². The molecule has 0 aliphatic heterocycles. The molecule has 1 aromatic rings. The molecule has 0 aliphatic carbocycles. The summed E-state index contributed by atoms with van der Waals surface area (Å²) < 4.78 is 15.8. The van der Waals surface area contributed by atoms with E-state index >= 15 is 0 Å². The molecule has 0 bridgehead atoms. The zero-order valence-electron chi connectivity index (χ0n) is 11.9. The molecule has 0 atom stereocenters. The van der Waals surface area contributed by atoms with Crippen LogP contribution in [-0.4, -0.2) is 45.1 Å². The molecule has 0 saturated heterocycles. The number of nitrogens with zero attached hydrogens (tertiary/aromatic N) is 1. The van der Waals surface area contributed by atoms with Crippen LogP contribution in [0.2, 0.25) is 0 Å². The Bertz CT molecular complexity index is 334. The van der Waals surface area contributed by atoms with Crippen molar-refractivity contribution in [2.45, 2.75) is 20.0 Å². The first kappa shape index (κ1) is 15.9. The first-order valence-electron chi connectivity index (χ1n) is 6.70. The Hall–Kier alpha value is -1.17. The van der Waals surface area contributed by atoms with Gasteiger partial charge in [0.1, 0.15) is 5.82 Å². The lowest BCUT2D eigenvalue weighted by Crippen LogP contribution is -2.06. The summed E-state index contributed by atoms with van der Waals surface area (Å²) in [6.07, 6.45) is 2.69. The van der Waals surface area contributed by atoms with Gasteiger partial charge in [-0.1, -0.05) is 0 Å². The Kier molecular flexibility index (Phi) is 8.97. The Morgan fingerprint density at radius 2 is 2.00 bits per heavy atom. The summed E-state index contributed by atoms with van der Waals surface area (Å²) in [6.45, 7) is 6.23. The fourth-order valence-electron chi connectivity index (χ4n) is 1.54. The molecule has 0 aliphatic rings. The van der Waals surface area contributed by atoms with Gasteiger partial charge in [0.05, 0.1) is 19.8 Å². The number of ether oxygens (including phenoxy) is 3. The van der Waals surface area contributed by atoms with Crippen LogP contribution in [0.3, 0.4) is 0 Å². The molecule has 0 unspecified atom stereocenters. The van der Waals surface area contributed by atoms with Gasteiger partial charge >= 0.3 is 0 Å². The average Bonchev–Trinajstić information content (AvgIpc) is 2.43. The standard InChI is InChI=1S/C14H24N2O3/c1-3-15-14-11-13(5-6-16-14)12-19-8-4-7-18-10-9-17-2/h5-6,11H,3-4,7-10,12H2,1-2H3,(H,15,16). The van der Waals surface area contributed by atoms with Gasteiger partial charge < -0.3 is 19.5 Å². The van der Waals surface area contributed by atoms with E-state index in [2.05, 4.69) is 17.2 Å². The zero-order valence-corrected chi connectivity index (χ0v) is 11.9. The van der Waals surface area contributed by atoms with Crippen LogP contribution in [0.5, 0.6) is 0 Å². The number of hydrogen-bond acceptors (Lipinski definition) is 5. The summed E-state index contributed by atoms with van der Waals surface area (Å²) in [6, 6.07) is 3.98. The number of methoxy groups -OCH3 is 1. The van der Waals surface area contributed by atoms with Crippen molar-refractivity contribution in [2.24, 2.45) is 0 Å². The normalized spacial score (nSPS) is 10.6. The quantitative estimate of drug-likeness (QED) is 0.623. The molecule has 1 aromatic heterocycles. The monoisotopic (exact) mass is 268 g/mol. The van der Waals surface area contributed by atoms with Gasteiger partial charge in [-0.3, -0.25) is 0 Å². The van der Waals surface area contributed by atoms with Gasteiger partial charge in [-0.15, -0.1) is 0 Å². The van der Waals surface area contributed by atoms with Gasteiger partial charge in [0.25, 0.3) is 0 Å². The molecule has 19 heavy (non-hydrogen) atoms. The van der Waals surface area contributed by atoms with Crippen molar-refractivity contribution in [3.63, 3.8) is 0 Å². The Morgan fingerprint density at radius 3 is 2.79 bits per heavy atom. The molecule has 1 rings (SSSR count). The number of anilines is 1. The highest BCUT2D eigenvalue weighted by Gasteiger charge is 1.97. The lowest BCUT2D eigenvalue weighted by atomic mass is 10.3. The molecule has 1 N–H and O–H groups in total. The third kappa shape index (κ3) is 7.77. The van der Waals surface area contributed by atoms with E-state index in [-0.39, 0.29) is 0 Å². The van der Waals surface area contributed by atoms with Crippen molar-refractivity contribution in [2.75, 3.05) is 45.4 Å². The van der Waals surface area contributed by atoms with Crippen molar-refractivity contribution in [3.8, 4) is 0 Å². The van der Waals surface area contributed by atoms with Gasteiger partial charge in [0.15, 0.2) is 0 Å². The van der Waals surface area contributed by atoms with E-state index in [9.17, 15) is 0 Å². The Morgan fingerprint density at radius 1 is 1.16 bits per heavy atom. The molecule has 1 heterocycles. The van der Waals surface area contributed by atoms with E-state index in [1.807, 2.05) is 12.1 Å². The van der Waals surface area contributed by atoms with E-state index in [1.54, 1.807) is 13.3 Å². The van der Waals surface area contributed by atoms with Gasteiger partial charge in [0.2, 0.25) is 0 Å². The van der Waals surface area contributed by atoms with Crippen LogP contribution in [0.4, 0.5) is 5.82 Å². The van der Waals surface area contributed by atoms with Gasteiger partial charge in [0, 0.05) is 33.1 Å². The molecule has 5 heteroatoms. The smallest absolute Gasteiger partial charge is 0.126 e. The third-order valence-corrected chi connectivity index (χ3v) is 2.46. The fourth-order valence-corrected chi connectivity index (χ4v) is 1.54. The van der Waals surface area contributed by atoms with Crippen LogP contribution in [0.25, 0.3) is 0 Å². The highest BCUT2D eigenvalue weighted by molar-refractivity contribution is 5.36. The second-order valence-electron chi connectivity index (χ2n) is 4.09. The zero-order chi connectivity index (χ0) is 13.8. The predicted octanol–water partition coefficient (Wildman–Crippen LogP) is 2.08. The second-order valence-corrected chi connectivity index (χ2v) is 4.09. The highest BCUT2D eigenvalue weighted by atomic mass is 16.5. The summed E-state index contributed by atoms with van der Waals surface area (Å²) in [5.74, 6) is 0.895. The van der Waals surface area contributed by atoms with Crippen molar-refractivity contribution < 1.29 is 14.2 Å².